The number of aromatic nitrogens is 3. The molecule has 0 unspecified atom stereocenters. The second kappa shape index (κ2) is 6.09. The van der Waals surface area contributed by atoms with Crippen molar-refractivity contribution < 1.29 is 9.52 Å². The van der Waals surface area contributed by atoms with Crippen molar-refractivity contribution in [3.8, 4) is 17.0 Å². The van der Waals surface area contributed by atoms with E-state index in [1.165, 1.54) is 6.42 Å². The number of benzene rings is 1. The number of nitrogens with zero attached hydrogens (tertiary/aromatic N) is 4. The molecule has 27 heavy (non-hydrogen) atoms. The van der Waals surface area contributed by atoms with Gasteiger partial charge in [-0.25, -0.2) is 0 Å². The van der Waals surface area contributed by atoms with Crippen LogP contribution in [0.1, 0.15) is 24.4 Å². The summed E-state index contributed by atoms with van der Waals surface area (Å²) < 4.78 is 7.62. The third-order valence-electron chi connectivity index (χ3n) is 5.75. The van der Waals surface area contributed by atoms with Crippen molar-refractivity contribution in [2.24, 2.45) is 0 Å². The van der Waals surface area contributed by atoms with Gasteiger partial charge in [0.2, 0.25) is 0 Å². The molecule has 1 saturated heterocycles. The highest BCUT2D eigenvalue weighted by molar-refractivity contribution is 5.94. The fourth-order valence-corrected chi connectivity index (χ4v) is 4.27. The molecule has 0 radical (unpaired) electrons. The highest BCUT2D eigenvalue weighted by Gasteiger charge is 2.22. The van der Waals surface area contributed by atoms with Crippen LogP contribution in [0.3, 0.4) is 0 Å². The highest BCUT2D eigenvalue weighted by Crippen LogP contribution is 2.38. The second-order valence-corrected chi connectivity index (χ2v) is 7.49. The van der Waals surface area contributed by atoms with Gasteiger partial charge in [-0.05, 0) is 63.2 Å². The predicted molar refractivity (Wildman–Crippen MR) is 105 cm³/mol. The van der Waals surface area contributed by atoms with Crippen LogP contribution in [0.2, 0.25) is 0 Å². The Bertz CT molecular complexity index is 1140. The molecule has 138 valence electrons. The number of rotatable bonds is 2. The van der Waals surface area contributed by atoms with Gasteiger partial charge in [-0.2, -0.15) is 0 Å². The number of phenols is 1. The summed E-state index contributed by atoms with van der Waals surface area (Å²) in [5, 5.41) is 21.5. The van der Waals surface area contributed by atoms with E-state index in [-0.39, 0.29) is 5.75 Å². The largest absolute Gasteiger partial charge is 0.506 e. The summed E-state index contributed by atoms with van der Waals surface area (Å²) in [7, 11) is 2.17. The summed E-state index contributed by atoms with van der Waals surface area (Å²) in [6.45, 7) is 4.23. The minimum absolute atomic E-state index is 0.186. The number of hydrogen-bond acceptors (Lipinski definition) is 5. The molecule has 1 aliphatic rings. The minimum Gasteiger partial charge on any atom is -0.506 e. The van der Waals surface area contributed by atoms with E-state index in [4.69, 9.17) is 4.42 Å². The van der Waals surface area contributed by atoms with Crippen LogP contribution in [-0.2, 0) is 0 Å². The highest BCUT2D eigenvalue weighted by atomic mass is 16.3. The van der Waals surface area contributed by atoms with Gasteiger partial charge in [0, 0.05) is 29.7 Å². The molecule has 3 aromatic heterocycles. The average molecular weight is 362 g/mol. The number of piperidine rings is 1. The molecule has 4 heterocycles. The Balaban J connectivity index is 1.62. The van der Waals surface area contributed by atoms with Gasteiger partial charge in [-0.15, -0.1) is 10.2 Å². The van der Waals surface area contributed by atoms with E-state index in [0.29, 0.717) is 28.3 Å². The molecule has 0 amide bonds. The molecule has 1 aliphatic heterocycles. The van der Waals surface area contributed by atoms with Crippen molar-refractivity contribution in [2.75, 3.05) is 20.1 Å². The van der Waals surface area contributed by atoms with Crippen molar-refractivity contribution in [1.29, 1.82) is 0 Å². The fourth-order valence-electron chi connectivity index (χ4n) is 4.27. The van der Waals surface area contributed by atoms with Crippen LogP contribution in [-0.4, -0.2) is 44.9 Å². The number of aromatic hydroxyl groups is 1. The van der Waals surface area contributed by atoms with Gasteiger partial charge in [0.05, 0.1) is 11.6 Å². The van der Waals surface area contributed by atoms with Crippen LogP contribution in [0.15, 0.2) is 41.1 Å². The third-order valence-corrected chi connectivity index (χ3v) is 5.75. The first-order chi connectivity index (χ1) is 13.1. The Morgan fingerprint density at radius 1 is 1.15 bits per heavy atom. The maximum atomic E-state index is 10.7. The average Bonchev–Trinajstić information content (AvgIpc) is 3.30. The zero-order valence-electron chi connectivity index (χ0n) is 15.5. The molecule has 0 spiro atoms. The van der Waals surface area contributed by atoms with E-state index in [1.54, 1.807) is 12.3 Å². The summed E-state index contributed by atoms with van der Waals surface area (Å²) in [5.41, 5.74) is 4.00. The number of likely N-dealkylation sites (N-methyl/N-ethyl adjacent to an activating group) is 1. The molecule has 1 N–H and O–H groups in total. The van der Waals surface area contributed by atoms with Gasteiger partial charge in [0.15, 0.2) is 5.65 Å². The summed E-state index contributed by atoms with van der Waals surface area (Å²) >= 11 is 0. The van der Waals surface area contributed by atoms with Gasteiger partial charge < -0.3 is 19.0 Å². The molecule has 1 aromatic carbocycles. The lowest BCUT2D eigenvalue weighted by Crippen LogP contribution is -2.33. The number of fused-ring (bicyclic) bond motifs is 2. The van der Waals surface area contributed by atoms with Crippen molar-refractivity contribution in [3.05, 3.63) is 42.3 Å². The Labute approximate surface area is 157 Å². The maximum absolute atomic E-state index is 10.7. The molecule has 4 aromatic rings. The first-order valence-electron chi connectivity index (χ1n) is 9.35. The van der Waals surface area contributed by atoms with Crippen LogP contribution in [0.4, 0.5) is 0 Å². The van der Waals surface area contributed by atoms with Crippen molar-refractivity contribution >= 4 is 22.0 Å². The molecule has 1 atom stereocenters. The lowest BCUT2D eigenvalue weighted by atomic mass is 10.0. The maximum Gasteiger partial charge on any atom is 0.163 e. The topological polar surface area (TPSA) is 67.3 Å². The predicted octanol–water partition coefficient (Wildman–Crippen LogP) is 4.13. The van der Waals surface area contributed by atoms with Crippen LogP contribution in [0.5, 0.6) is 5.75 Å². The Kier molecular flexibility index (Phi) is 3.68. The van der Waals surface area contributed by atoms with E-state index in [2.05, 4.69) is 39.0 Å². The molecule has 1 fully saturated rings. The van der Waals surface area contributed by atoms with Crippen LogP contribution in [0.25, 0.3) is 33.3 Å². The zero-order valence-corrected chi connectivity index (χ0v) is 15.5. The lowest BCUT2D eigenvalue weighted by Gasteiger charge is -2.30. The van der Waals surface area contributed by atoms with E-state index in [0.717, 1.165) is 36.1 Å². The molecule has 5 rings (SSSR count). The molecule has 0 aliphatic carbocycles. The van der Waals surface area contributed by atoms with Crippen LogP contribution >= 0.6 is 0 Å². The van der Waals surface area contributed by atoms with Gasteiger partial charge in [-0.3, -0.25) is 0 Å². The van der Waals surface area contributed by atoms with Crippen LogP contribution < -0.4 is 0 Å². The first kappa shape index (κ1) is 16.3. The van der Waals surface area contributed by atoms with Gasteiger partial charge in [0.1, 0.15) is 17.0 Å². The number of furan rings is 1. The second-order valence-electron chi connectivity index (χ2n) is 7.49. The zero-order chi connectivity index (χ0) is 18.5. The quantitative estimate of drug-likeness (QED) is 0.581. The monoisotopic (exact) mass is 362 g/mol. The first-order valence-corrected chi connectivity index (χ1v) is 9.35. The fraction of sp³-hybridized carbons (Fsp3) is 0.333. The molecule has 0 bridgehead atoms. The van der Waals surface area contributed by atoms with Crippen molar-refractivity contribution in [3.63, 3.8) is 0 Å². The van der Waals surface area contributed by atoms with Crippen molar-refractivity contribution in [2.45, 2.75) is 25.8 Å². The normalized spacial score (nSPS) is 18.5. The summed E-state index contributed by atoms with van der Waals surface area (Å²) in [6.07, 6.45) is 6.06. The molecular weight excluding hydrogens is 340 g/mol. The van der Waals surface area contributed by atoms with Gasteiger partial charge in [-0.1, -0.05) is 0 Å². The van der Waals surface area contributed by atoms with E-state index < -0.39 is 0 Å². The summed E-state index contributed by atoms with van der Waals surface area (Å²) in [4.78, 5) is 2.37. The smallest absolute Gasteiger partial charge is 0.163 e. The molecule has 6 nitrogen and oxygen atoms in total. The number of aryl methyl sites for hydroxylation is 1. The molecular formula is C21H22N4O2. The number of likely N-dealkylation sites (tertiary alicyclic amines) is 1. The summed E-state index contributed by atoms with van der Waals surface area (Å²) in [6, 6.07) is 8.02. The van der Waals surface area contributed by atoms with E-state index >= 15 is 0 Å². The minimum atomic E-state index is 0.186. The van der Waals surface area contributed by atoms with Crippen molar-refractivity contribution in [1.82, 2.24) is 19.7 Å². The Hall–Kier alpha value is -2.86. The molecule has 6 heteroatoms. The number of hydrogen-bond donors (Lipinski definition) is 1. The van der Waals surface area contributed by atoms with E-state index in [1.807, 2.05) is 19.1 Å². The Morgan fingerprint density at radius 2 is 2.04 bits per heavy atom. The van der Waals surface area contributed by atoms with E-state index in [9.17, 15) is 5.11 Å². The Morgan fingerprint density at radius 3 is 2.89 bits per heavy atom. The van der Waals surface area contributed by atoms with Gasteiger partial charge in [0.25, 0.3) is 0 Å². The third kappa shape index (κ3) is 2.51. The lowest BCUT2D eigenvalue weighted by molar-refractivity contribution is 0.214. The SMILES string of the molecule is Cc1c(-c2ccc3occc3c2O)nnc2c1ccn2[C@@H]1CCCN(C)C1. The summed E-state index contributed by atoms with van der Waals surface area (Å²) in [5.74, 6) is 0.186. The van der Waals surface area contributed by atoms with Gasteiger partial charge >= 0.3 is 0 Å². The molecule has 0 saturated carbocycles. The standard InChI is InChI=1S/C21H22N4O2/c1-13-15-7-10-25(14-4-3-9-24(2)12-14)21(15)23-22-19(13)17-5-6-18-16(20(17)26)8-11-27-18/h5-8,10-11,14,26H,3-4,9,12H2,1-2H3/t14-/m1/s1. The van der Waals surface area contributed by atoms with Crippen LogP contribution in [0, 0.1) is 6.92 Å². The number of phenolic OH excluding ortho intramolecular Hbond substituents is 1.